The van der Waals surface area contributed by atoms with E-state index in [2.05, 4.69) is 82.2 Å². The van der Waals surface area contributed by atoms with Crippen molar-refractivity contribution in [2.45, 2.75) is 12.6 Å². The monoisotopic (exact) mass is 510 g/mol. The summed E-state index contributed by atoms with van der Waals surface area (Å²) in [5.74, 6) is 0. The van der Waals surface area contributed by atoms with E-state index in [9.17, 15) is 10.1 Å². The van der Waals surface area contributed by atoms with Gasteiger partial charge in [-0.2, -0.15) is 0 Å². The molecule has 0 spiro atoms. The minimum atomic E-state index is -0.368. The molecular weight excluding hydrogens is 486 g/mol. The molecule has 188 valence electrons. The molecule has 6 heteroatoms. The maximum absolute atomic E-state index is 11.1. The number of hydrogen-bond acceptors (Lipinski definition) is 3. The first-order valence-corrected chi connectivity index (χ1v) is 12.8. The Morgan fingerprint density at radius 2 is 1.46 bits per heavy atom. The number of nitro benzene ring substituents is 1. The van der Waals surface area contributed by atoms with Crippen LogP contribution in [0.3, 0.4) is 0 Å². The summed E-state index contributed by atoms with van der Waals surface area (Å²) < 4.78 is 10.6. The molecule has 39 heavy (non-hydrogen) atoms. The van der Waals surface area contributed by atoms with Crippen molar-refractivity contribution in [1.29, 1.82) is 0 Å². The van der Waals surface area contributed by atoms with Gasteiger partial charge in [0.1, 0.15) is 17.7 Å². The van der Waals surface area contributed by atoms with Gasteiger partial charge in [0.25, 0.3) is 5.69 Å². The van der Waals surface area contributed by atoms with E-state index in [1.165, 1.54) is 5.56 Å². The second-order valence-electron chi connectivity index (χ2n) is 9.73. The summed E-state index contributed by atoms with van der Waals surface area (Å²) in [7, 11) is 0. The minimum absolute atomic E-state index is 0.0766. The van der Waals surface area contributed by atoms with Gasteiger partial charge in [0.05, 0.1) is 4.92 Å². The van der Waals surface area contributed by atoms with Crippen LogP contribution in [0, 0.1) is 10.1 Å². The maximum Gasteiger partial charge on any atom is 0.269 e. The van der Waals surface area contributed by atoms with Crippen molar-refractivity contribution in [3.63, 3.8) is 0 Å². The number of hydrogen-bond donors (Lipinski definition) is 0. The Labute approximate surface area is 224 Å². The molecule has 0 aliphatic carbocycles. The molecule has 0 aliphatic heterocycles. The van der Waals surface area contributed by atoms with Crippen LogP contribution in [0.1, 0.15) is 22.7 Å². The average molecular weight is 511 g/mol. The number of furan rings is 1. The van der Waals surface area contributed by atoms with Crippen molar-refractivity contribution in [3.05, 3.63) is 154 Å². The highest BCUT2D eigenvalue weighted by molar-refractivity contribution is 6.05. The first-order chi connectivity index (χ1) is 19.2. The van der Waals surface area contributed by atoms with Crippen LogP contribution in [-0.4, -0.2) is 9.49 Å². The van der Waals surface area contributed by atoms with Crippen LogP contribution in [0.25, 0.3) is 33.0 Å². The number of imidazole rings is 1. The first-order valence-electron chi connectivity index (χ1n) is 12.8. The third-order valence-electron chi connectivity index (χ3n) is 7.34. The quantitative estimate of drug-likeness (QED) is 0.133. The molecule has 7 rings (SSSR count). The van der Waals surface area contributed by atoms with Crippen LogP contribution in [0.15, 0.2) is 132 Å². The van der Waals surface area contributed by atoms with Gasteiger partial charge in [0, 0.05) is 34.0 Å². The van der Waals surface area contributed by atoms with Crippen molar-refractivity contribution in [3.8, 4) is 0 Å². The fourth-order valence-corrected chi connectivity index (χ4v) is 5.51. The van der Waals surface area contributed by atoms with E-state index < -0.39 is 0 Å². The fourth-order valence-electron chi connectivity index (χ4n) is 5.51. The third-order valence-corrected chi connectivity index (χ3v) is 7.34. The van der Waals surface area contributed by atoms with Crippen molar-refractivity contribution in [2.24, 2.45) is 0 Å². The van der Waals surface area contributed by atoms with Crippen LogP contribution < -0.4 is 4.57 Å². The summed E-state index contributed by atoms with van der Waals surface area (Å²) in [4.78, 5) is 10.8. The third kappa shape index (κ3) is 4.03. The highest BCUT2D eigenvalue weighted by Crippen LogP contribution is 2.35. The van der Waals surface area contributed by atoms with E-state index in [0.717, 1.165) is 44.1 Å². The summed E-state index contributed by atoms with van der Waals surface area (Å²) >= 11 is 0. The van der Waals surface area contributed by atoms with Crippen molar-refractivity contribution in [2.75, 3.05) is 0 Å². The molecule has 0 bridgehead atoms. The molecule has 2 heterocycles. The van der Waals surface area contributed by atoms with Crippen LogP contribution in [0.2, 0.25) is 0 Å². The number of fused-ring (bicyclic) bond motifs is 4. The lowest BCUT2D eigenvalue weighted by Gasteiger charge is -2.16. The smallest absolute Gasteiger partial charge is 0.269 e. The predicted octanol–water partition coefficient (Wildman–Crippen LogP) is 7.42. The maximum atomic E-state index is 11.1. The second-order valence-corrected chi connectivity index (χ2v) is 9.73. The van der Waals surface area contributed by atoms with E-state index in [-0.39, 0.29) is 16.7 Å². The molecule has 1 atom stereocenters. The lowest BCUT2D eigenvalue weighted by atomic mass is 9.96. The Hall–Kier alpha value is -5.23. The molecule has 0 radical (unpaired) electrons. The molecule has 2 aromatic heterocycles. The highest BCUT2D eigenvalue weighted by Gasteiger charge is 2.27. The second kappa shape index (κ2) is 9.26. The van der Waals surface area contributed by atoms with Crippen LogP contribution in [0.5, 0.6) is 0 Å². The molecule has 0 fully saturated rings. The van der Waals surface area contributed by atoms with Gasteiger partial charge < -0.3 is 4.42 Å². The number of benzene rings is 5. The van der Waals surface area contributed by atoms with Gasteiger partial charge in [-0.05, 0) is 48.0 Å². The van der Waals surface area contributed by atoms with Gasteiger partial charge in [0.2, 0.25) is 6.33 Å². The molecular formula is C33H24N3O3+. The van der Waals surface area contributed by atoms with Gasteiger partial charge in [0.15, 0.2) is 17.1 Å². The lowest BCUT2D eigenvalue weighted by Crippen LogP contribution is -2.33. The van der Waals surface area contributed by atoms with E-state index >= 15 is 0 Å². The molecule has 0 saturated carbocycles. The van der Waals surface area contributed by atoms with Crippen LogP contribution >= 0.6 is 0 Å². The highest BCUT2D eigenvalue weighted by atomic mass is 16.6. The zero-order valence-electron chi connectivity index (χ0n) is 21.0. The fraction of sp³-hybridized carbons (Fsp3) is 0.0606. The molecule has 0 N–H and O–H groups in total. The Morgan fingerprint density at radius 3 is 2.28 bits per heavy atom. The number of aromatic nitrogens is 2. The van der Waals surface area contributed by atoms with Crippen molar-refractivity contribution < 1.29 is 13.9 Å². The standard InChI is InChI=1S/C33H24N3O3/c37-36(38)26-17-14-23(15-18-26)21-34-22-35(30-12-6-5-11-29(30)34)33(24-8-2-1-3-9-24)25-16-19-32-28(20-25)27-10-4-7-13-31(27)39-32/h1-20,22,33H,21H2/q+1. The normalized spacial score (nSPS) is 12.3. The van der Waals surface area contributed by atoms with Gasteiger partial charge in [-0.25, -0.2) is 9.13 Å². The van der Waals surface area contributed by atoms with Gasteiger partial charge in [-0.3, -0.25) is 10.1 Å². The van der Waals surface area contributed by atoms with Gasteiger partial charge in [-0.1, -0.05) is 66.7 Å². The van der Waals surface area contributed by atoms with Crippen molar-refractivity contribution >= 4 is 38.7 Å². The Balaban J connectivity index is 1.40. The predicted molar refractivity (Wildman–Crippen MR) is 152 cm³/mol. The first kappa shape index (κ1) is 22.9. The molecule has 0 aliphatic rings. The molecule has 7 aromatic rings. The van der Waals surface area contributed by atoms with E-state index in [4.69, 9.17) is 4.42 Å². The van der Waals surface area contributed by atoms with E-state index in [1.54, 1.807) is 12.1 Å². The largest absolute Gasteiger partial charge is 0.456 e. The number of nitrogens with zero attached hydrogens (tertiary/aromatic N) is 3. The molecule has 6 nitrogen and oxygen atoms in total. The number of nitro groups is 1. The van der Waals surface area contributed by atoms with Gasteiger partial charge in [-0.15, -0.1) is 0 Å². The van der Waals surface area contributed by atoms with Crippen LogP contribution in [-0.2, 0) is 6.54 Å². The SMILES string of the molecule is O=[N+]([O-])c1ccc(C[n+]2cn(C(c3ccccc3)c3ccc4oc5ccccc5c4c3)c3ccccc32)cc1. The summed E-state index contributed by atoms with van der Waals surface area (Å²) in [6.07, 6.45) is 2.15. The molecule has 1 unspecified atom stereocenters. The minimum Gasteiger partial charge on any atom is -0.456 e. The summed E-state index contributed by atoms with van der Waals surface area (Å²) in [5.41, 5.74) is 7.37. The Morgan fingerprint density at radius 1 is 0.744 bits per heavy atom. The molecule has 5 aromatic carbocycles. The van der Waals surface area contributed by atoms with E-state index in [1.807, 2.05) is 42.5 Å². The Bertz CT molecular complexity index is 1970. The number of rotatable bonds is 6. The zero-order valence-corrected chi connectivity index (χ0v) is 21.0. The summed E-state index contributed by atoms with van der Waals surface area (Å²) in [5, 5.41) is 13.3. The topological polar surface area (TPSA) is 65.1 Å². The number of non-ortho nitro benzene ring substituents is 1. The number of para-hydroxylation sites is 3. The van der Waals surface area contributed by atoms with E-state index in [0.29, 0.717) is 6.54 Å². The lowest BCUT2D eigenvalue weighted by molar-refractivity contribution is -0.663. The average Bonchev–Trinajstić information content (AvgIpc) is 3.52. The molecule has 0 saturated heterocycles. The van der Waals surface area contributed by atoms with Gasteiger partial charge >= 0.3 is 0 Å². The van der Waals surface area contributed by atoms with Crippen molar-refractivity contribution in [1.82, 2.24) is 4.57 Å². The Kier molecular flexibility index (Phi) is 5.44. The zero-order chi connectivity index (χ0) is 26.3. The molecule has 0 amide bonds. The summed E-state index contributed by atoms with van der Waals surface area (Å²) in [6.45, 7) is 0.596. The van der Waals surface area contributed by atoms with Crippen LogP contribution in [0.4, 0.5) is 5.69 Å². The summed E-state index contributed by atoms with van der Waals surface area (Å²) in [6, 6.07) is 40.2.